The molecule has 0 unspecified atom stereocenters. The molecular formula is C19H21BrN4O2. The van der Waals surface area contributed by atoms with Gasteiger partial charge < -0.3 is 10.6 Å². The number of nitrogens with one attached hydrogen (secondary N) is 2. The van der Waals surface area contributed by atoms with Gasteiger partial charge in [0.05, 0.1) is 6.54 Å². The Bertz CT molecular complexity index is 773. The Balaban J connectivity index is 1.47. The molecule has 0 atom stereocenters. The highest BCUT2D eigenvalue weighted by atomic mass is 79.9. The van der Waals surface area contributed by atoms with Gasteiger partial charge in [0.2, 0.25) is 5.91 Å². The quantitative estimate of drug-likeness (QED) is 0.727. The number of benzene rings is 1. The van der Waals surface area contributed by atoms with E-state index < -0.39 is 0 Å². The summed E-state index contributed by atoms with van der Waals surface area (Å²) in [4.78, 5) is 30.1. The standard InChI is InChI=1S/C19H21BrN4O2/c1-24(12-18(25)23-17-9-6-15(20)10-21-17)11-13-2-4-14(5-3-13)19(26)22-16-7-8-16/h2-6,9-10,16H,7-8,11-12H2,1H3,(H,22,26)(H,21,23,25). The number of hydrogen-bond acceptors (Lipinski definition) is 4. The fraction of sp³-hybridized carbons (Fsp3) is 0.316. The van der Waals surface area contributed by atoms with Crippen LogP contribution in [-0.2, 0) is 11.3 Å². The minimum atomic E-state index is -0.122. The normalized spacial score (nSPS) is 13.5. The van der Waals surface area contributed by atoms with Gasteiger partial charge in [-0.2, -0.15) is 0 Å². The van der Waals surface area contributed by atoms with Crippen molar-refractivity contribution >= 4 is 33.6 Å². The summed E-state index contributed by atoms with van der Waals surface area (Å²) in [6.07, 6.45) is 3.79. The summed E-state index contributed by atoms with van der Waals surface area (Å²) >= 11 is 3.31. The summed E-state index contributed by atoms with van der Waals surface area (Å²) in [5, 5.41) is 5.74. The third kappa shape index (κ3) is 5.64. The van der Waals surface area contributed by atoms with Gasteiger partial charge in [0.15, 0.2) is 0 Å². The van der Waals surface area contributed by atoms with Crippen LogP contribution in [0.5, 0.6) is 0 Å². The Hall–Kier alpha value is -2.25. The van der Waals surface area contributed by atoms with Gasteiger partial charge >= 0.3 is 0 Å². The van der Waals surface area contributed by atoms with Crippen molar-refractivity contribution in [3.8, 4) is 0 Å². The van der Waals surface area contributed by atoms with Crippen LogP contribution in [0.2, 0.25) is 0 Å². The van der Waals surface area contributed by atoms with Gasteiger partial charge in [0.1, 0.15) is 5.82 Å². The molecule has 26 heavy (non-hydrogen) atoms. The molecule has 1 fully saturated rings. The molecule has 7 heteroatoms. The molecule has 1 aliphatic rings. The maximum atomic E-state index is 12.1. The maximum absolute atomic E-state index is 12.1. The summed E-state index contributed by atoms with van der Waals surface area (Å²) in [5.41, 5.74) is 1.72. The average Bonchev–Trinajstić information content (AvgIpc) is 3.41. The highest BCUT2D eigenvalue weighted by Gasteiger charge is 2.23. The topological polar surface area (TPSA) is 74.3 Å². The number of rotatable bonds is 7. The zero-order valence-corrected chi connectivity index (χ0v) is 16.1. The van der Waals surface area contributed by atoms with Crippen LogP contribution in [0.1, 0.15) is 28.8 Å². The van der Waals surface area contributed by atoms with Crippen LogP contribution in [0.25, 0.3) is 0 Å². The van der Waals surface area contributed by atoms with Crippen molar-refractivity contribution in [1.82, 2.24) is 15.2 Å². The zero-order valence-electron chi connectivity index (χ0n) is 14.5. The Labute approximate surface area is 161 Å². The van der Waals surface area contributed by atoms with Gasteiger partial charge in [-0.25, -0.2) is 4.98 Å². The number of likely N-dealkylation sites (N-methyl/N-ethyl adjacent to an activating group) is 1. The van der Waals surface area contributed by atoms with E-state index in [1.807, 2.05) is 42.3 Å². The Kier molecular flexibility index (Phi) is 6.00. The first-order valence-electron chi connectivity index (χ1n) is 8.49. The van der Waals surface area contributed by atoms with Crippen molar-refractivity contribution in [2.45, 2.75) is 25.4 Å². The number of hydrogen-bond donors (Lipinski definition) is 2. The molecule has 2 N–H and O–H groups in total. The molecule has 2 amide bonds. The molecule has 1 saturated carbocycles. The smallest absolute Gasteiger partial charge is 0.251 e. The monoisotopic (exact) mass is 416 g/mol. The lowest BCUT2D eigenvalue weighted by Crippen LogP contribution is -2.30. The summed E-state index contributed by atoms with van der Waals surface area (Å²) in [7, 11) is 1.88. The number of carbonyl (C=O) groups is 2. The van der Waals surface area contributed by atoms with E-state index in [2.05, 4.69) is 31.5 Å². The molecule has 1 aromatic carbocycles. The summed E-state index contributed by atoms with van der Waals surface area (Å²) in [6, 6.07) is 11.4. The number of carbonyl (C=O) groups excluding carboxylic acids is 2. The summed E-state index contributed by atoms with van der Waals surface area (Å²) < 4.78 is 0.863. The lowest BCUT2D eigenvalue weighted by molar-refractivity contribution is -0.117. The van der Waals surface area contributed by atoms with Crippen LogP contribution in [0, 0.1) is 0 Å². The summed E-state index contributed by atoms with van der Waals surface area (Å²) in [5.74, 6) is 0.383. The lowest BCUT2D eigenvalue weighted by atomic mass is 10.1. The number of anilines is 1. The van der Waals surface area contributed by atoms with E-state index in [-0.39, 0.29) is 18.4 Å². The van der Waals surface area contributed by atoms with E-state index in [0.29, 0.717) is 24.0 Å². The third-order valence-electron chi connectivity index (χ3n) is 3.99. The Morgan fingerprint density at radius 2 is 1.92 bits per heavy atom. The van der Waals surface area contributed by atoms with Crippen molar-refractivity contribution in [2.24, 2.45) is 0 Å². The molecule has 0 aliphatic heterocycles. The van der Waals surface area contributed by atoms with Crippen LogP contribution < -0.4 is 10.6 Å². The van der Waals surface area contributed by atoms with Gasteiger partial charge in [-0.3, -0.25) is 14.5 Å². The second-order valence-electron chi connectivity index (χ2n) is 6.53. The van der Waals surface area contributed by atoms with E-state index in [4.69, 9.17) is 0 Å². The van der Waals surface area contributed by atoms with Gasteiger partial charge in [-0.1, -0.05) is 12.1 Å². The molecule has 0 bridgehead atoms. The fourth-order valence-corrected chi connectivity index (χ4v) is 2.74. The van der Waals surface area contributed by atoms with Gasteiger partial charge in [-0.05, 0) is 65.6 Å². The Morgan fingerprint density at radius 3 is 2.54 bits per heavy atom. The first-order valence-corrected chi connectivity index (χ1v) is 9.28. The molecule has 6 nitrogen and oxygen atoms in total. The molecule has 0 radical (unpaired) electrons. The first kappa shape index (κ1) is 18.5. The number of amides is 2. The third-order valence-corrected chi connectivity index (χ3v) is 4.46. The number of aromatic nitrogens is 1. The SMILES string of the molecule is CN(CC(=O)Nc1ccc(Br)cn1)Cc1ccc(C(=O)NC2CC2)cc1. The molecular weight excluding hydrogens is 396 g/mol. The maximum Gasteiger partial charge on any atom is 0.251 e. The van der Waals surface area contributed by atoms with Gasteiger partial charge in [-0.15, -0.1) is 0 Å². The average molecular weight is 417 g/mol. The molecule has 1 aliphatic carbocycles. The minimum absolute atomic E-state index is 0.0196. The molecule has 136 valence electrons. The van der Waals surface area contributed by atoms with Crippen LogP contribution in [-0.4, -0.2) is 41.3 Å². The molecule has 2 aromatic rings. The predicted molar refractivity (Wildman–Crippen MR) is 104 cm³/mol. The molecule has 0 saturated heterocycles. The number of nitrogens with zero attached hydrogens (tertiary/aromatic N) is 2. The van der Waals surface area contributed by atoms with Crippen molar-refractivity contribution in [3.63, 3.8) is 0 Å². The molecule has 1 heterocycles. The Morgan fingerprint density at radius 1 is 1.19 bits per heavy atom. The highest BCUT2D eigenvalue weighted by Crippen LogP contribution is 2.19. The first-order chi connectivity index (χ1) is 12.5. The van der Waals surface area contributed by atoms with Crippen LogP contribution in [0.4, 0.5) is 5.82 Å². The highest BCUT2D eigenvalue weighted by molar-refractivity contribution is 9.10. The molecule has 1 aromatic heterocycles. The second kappa shape index (κ2) is 8.42. The van der Waals surface area contributed by atoms with E-state index in [9.17, 15) is 9.59 Å². The van der Waals surface area contributed by atoms with Crippen molar-refractivity contribution in [3.05, 3.63) is 58.2 Å². The van der Waals surface area contributed by atoms with E-state index in [1.54, 1.807) is 12.3 Å². The number of pyridine rings is 1. The zero-order chi connectivity index (χ0) is 18.5. The predicted octanol–water partition coefficient (Wildman–Crippen LogP) is 2.81. The van der Waals surface area contributed by atoms with E-state index >= 15 is 0 Å². The van der Waals surface area contributed by atoms with E-state index in [1.165, 1.54) is 0 Å². The fourth-order valence-electron chi connectivity index (χ4n) is 2.50. The summed E-state index contributed by atoms with van der Waals surface area (Å²) in [6.45, 7) is 0.868. The molecule has 0 spiro atoms. The second-order valence-corrected chi connectivity index (χ2v) is 7.44. The van der Waals surface area contributed by atoms with Crippen molar-refractivity contribution < 1.29 is 9.59 Å². The largest absolute Gasteiger partial charge is 0.349 e. The van der Waals surface area contributed by atoms with Gasteiger partial charge in [0, 0.05) is 28.8 Å². The van der Waals surface area contributed by atoms with Gasteiger partial charge in [0.25, 0.3) is 5.91 Å². The van der Waals surface area contributed by atoms with Crippen molar-refractivity contribution in [1.29, 1.82) is 0 Å². The molecule has 3 rings (SSSR count). The van der Waals surface area contributed by atoms with Crippen LogP contribution in [0.15, 0.2) is 47.1 Å². The number of halogens is 1. The van der Waals surface area contributed by atoms with Crippen LogP contribution >= 0.6 is 15.9 Å². The van der Waals surface area contributed by atoms with Crippen molar-refractivity contribution in [2.75, 3.05) is 18.9 Å². The van der Waals surface area contributed by atoms with Crippen LogP contribution in [0.3, 0.4) is 0 Å². The van der Waals surface area contributed by atoms with E-state index in [0.717, 1.165) is 22.9 Å². The minimum Gasteiger partial charge on any atom is -0.349 e. The lowest BCUT2D eigenvalue weighted by Gasteiger charge is -2.16.